The van der Waals surface area contributed by atoms with Crippen LogP contribution in [-0.2, 0) is 4.74 Å². The Bertz CT molecular complexity index is 503. The summed E-state index contributed by atoms with van der Waals surface area (Å²) in [6.45, 7) is 3.71. The molecular weight excluding hydrogens is 281 g/mol. The largest absolute Gasteiger partial charge is 0.378 e. The average Bonchev–Trinajstić information content (AvgIpc) is 2.73. The number of nitrogens with one attached hydrogen (secondary N) is 1. The molecule has 0 aromatic heterocycles. The fourth-order valence-corrected chi connectivity index (χ4v) is 2.20. The lowest BCUT2D eigenvalue weighted by Crippen LogP contribution is -2.25. The highest BCUT2D eigenvalue weighted by Crippen LogP contribution is 2.31. The van der Waals surface area contributed by atoms with Crippen molar-refractivity contribution in [2.45, 2.75) is 38.4 Å². The molecule has 1 aromatic carbocycles. The Labute approximate surface area is 112 Å². The van der Waals surface area contributed by atoms with Crippen molar-refractivity contribution >= 4 is 5.69 Å². The van der Waals surface area contributed by atoms with Crippen LogP contribution in [0.15, 0.2) is 0 Å². The van der Waals surface area contributed by atoms with Gasteiger partial charge in [0.25, 0.3) is 0 Å². The van der Waals surface area contributed by atoms with Crippen LogP contribution in [0.1, 0.15) is 26.7 Å². The second-order valence-electron chi connectivity index (χ2n) is 5.36. The van der Waals surface area contributed by atoms with Gasteiger partial charge in [-0.25, -0.2) is 22.0 Å². The van der Waals surface area contributed by atoms with Gasteiger partial charge < -0.3 is 10.1 Å². The molecule has 1 aromatic rings. The zero-order valence-electron chi connectivity index (χ0n) is 11.0. The van der Waals surface area contributed by atoms with E-state index in [1.807, 2.05) is 13.8 Å². The Kier molecular flexibility index (Phi) is 3.90. The Balaban J connectivity index is 2.15. The second kappa shape index (κ2) is 5.20. The lowest BCUT2D eigenvalue weighted by molar-refractivity contribution is -0.00915. The number of rotatable bonds is 3. The first-order valence-electron chi connectivity index (χ1n) is 6.16. The molecule has 1 aliphatic rings. The molecule has 0 radical (unpaired) electrons. The van der Waals surface area contributed by atoms with Gasteiger partial charge in [0.15, 0.2) is 23.3 Å². The molecule has 0 spiro atoms. The van der Waals surface area contributed by atoms with E-state index in [1.165, 1.54) is 0 Å². The maximum absolute atomic E-state index is 13.4. The second-order valence-corrected chi connectivity index (χ2v) is 5.36. The van der Waals surface area contributed by atoms with E-state index in [2.05, 4.69) is 5.32 Å². The highest BCUT2D eigenvalue weighted by atomic mass is 19.2. The summed E-state index contributed by atoms with van der Waals surface area (Å²) in [7, 11) is 0. The van der Waals surface area contributed by atoms with Gasteiger partial charge in [-0.05, 0) is 26.7 Å². The monoisotopic (exact) mass is 295 g/mol. The van der Waals surface area contributed by atoms with E-state index in [9.17, 15) is 22.0 Å². The van der Waals surface area contributed by atoms with E-state index in [-0.39, 0.29) is 18.2 Å². The molecule has 112 valence electrons. The Morgan fingerprint density at radius 3 is 1.95 bits per heavy atom. The summed E-state index contributed by atoms with van der Waals surface area (Å²) < 4.78 is 71.2. The van der Waals surface area contributed by atoms with Crippen LogP contribution < -0.4 is 5.32 Å². The third-order valence-corrected chi connectivity index (χ3v) is 3.27. The van der Waals surface area contributed by atoms with Crippen molar-refractivity contribution in [2.24, 2.45) is 0 Å². The van der Waals surface area contributed by atoms with Crippen LogP contribution in [0.5, 0.6) is 0 Å². The molecule has 2 rings (SSSR count). The van der Waals surface area contributed by atoms with Gasteiger partial charge in [-0.1, -0.05) is 0 Å². The van der Waals surface area contributed by atoms with Crippen molar-refractivity contribution in [1.29, 1.82) is 0 Å². The van der Waals surface area contributed by atoms with Crippen molar-refractivity contribution in [3.8, 4) is 0 Å². The first-order chi connectivity index (χ1) is 9.23. The maximum atomic E-state index is 13.4. The van der Waals surface area contributed by atoms with Crippen LogP contribution in [-0.4, -0.2) is 18.2 Å². The van der Waals surface area contributed by atoms with Crippen molar-refractivity contribution in [3.05, 3.63) is 29.1 Å². The standard InChI is InChI=1S/C13H14F5NO/c1-13(2)4-3-6(20-13)5-19-12-10(17)8(15)7(14)9(16)11(12)18/h6,19H,3-5H2,1-2H3. The highest BCUT2D eigenvalue weighted by Gasteiger charge is 2.32. The van der Waals surface area contributed by atoms with Gasteiger partial charge in [0, 0.05) is 6.54 Å². The molecule has 1 saturated heterocycles. The van der Waals surface area contributed by atoms with Gasteiger partial charge in [0.05, 0.1) is 11.7 Å². The van der Waals surface area contributed by atoms with Crippen molar-refractivity contribution in [2.75, 3.05) is 11.9 Å². The topological polar surface area (TPSA) is 21.3 Å². The summed E-state index contributed by atoms with van der Waals surface area (Å²) >= 11 is 0. The minimum atomic E-state index is -2.16. The fourth-order valence-electron chi connectivity index (χ4n) is 2.20. The Hall–Kier alpha value is -1.37. The Morgan fingerprint density at radius 2 is 1.50 bits per heavy atom. The number of anilines is 1. The minimum Gasteiger partial charge on any atom is -0.378 e. The highest BCUT2D eigenvalue weighted by molar-refractivity contribution is 5.47. The lowest BCUT2D eigenvalue weighted by Gasteiger charge is -2.20. The summed E-state index contributed by atoms with van der Waals surface area (Å²) in [6.07, 6.45) is 1.08. The van der Waals surface area contributed by atoms with Gasteiger partial charge in [0.1, 0.15) is 5.69 Å². The normalized spacial score (nSPS) is 21.2. The summed E-state index contributed by atoms with van der Waals surface area (Å²) in [4.78, 5) is 0. The number of ether oxygens (including phenoxy) is 1. The zero-order valence-corrected chi connectivity index (χ0v) is 11.0. The molecule has 1 unspecified atom stereocenters. The third kappa shape index (κ3) is 2.72. The molecule has 1 heterocycles. The van der Waals surface area contributed by atoms with Crippen molar-refractivity contribution < 1.29 is 26.7 Å². The molecule has 1 atom stereocenters. The zero-order chi connectivity index (χ0) is 15.1. The van der Waals surface area contributed by atoms with Crippen LogP contribution in [0.25, 0.3) is 0 Å². The van der Waals surface area contributed by atoms with E-state index in [0.717, 1.165) is 6.42 Å². The molecular formula is C13H14F5NO. The van der Waals surface area contributed by atoms with E-state index in [1.54, 1.807) is 0 Å². The summed E-state index contributed by atoms with van der Waals surface area (Å²) in [6, 6.07) is 0. The molecule has 0 amide bonds. The minimum absolute atomic E-state index is 0.0260. The molecule has 0 saturated carbocycles. The Morgan fingerprint density at radius 1 is 1.00 bits per heavy atom. The van der Waals surface area contributed by atoms with E-state index in [0.29, 0.717) is 6.42 Å². The van der Waals surface area contributed by atoms with E-state index < -0.39 is 34.8 Å². The number of benzene rings is 1. The summed E-state index contributed by atoms with van der Waals surface area (Å²) in [5, 5.41) is 2.25. The third-order valence-electron chi connectivity index (χ3n) is 3.27. The van der Waals surface area contributed by atoms with Crippen LogP contribution >= 0.6 is 0 Å². The van der Waals surface area contributed by atoms with Crippen molar-refractivity contribution in [1.82, 2.24) is 0 Å². The molecule has 7 heteroatoms. The summed E-state index contributed by atoms with van der Waals surface area (Å²) in [5.41, 5.74) is -1.36. The van der Waals surface area contributed by atoms with Crippen LogP contribution in [0.2, 0.25) is 0 Å². The SMILES string of the molecule is CC1(C)CCC(CNc2c(F)c(F)c(F)c(F)c2F)O1. The lowest BCUT2D eigenvalue weighted by atomic mass is 10.1. The van der Waals surface area contributed by atoms with Gasteiger partial charge in [-0.15, -0.1) is 0 Å². The smallest absolute Gasteiger partial charge is 0.200 e. The van der Waals surface area contributed by atoms with Gasteiger partial charge in [0.2, 0.25) is 5.82 Å². The molecule has 20 heavy (non-hydrogen) atoms. The maximum Gasteiger partial charge on any atom is 0.200 e. The fraction of sp³-hybridized carbons (Fsp3) is 0.538. The van der Waals surface area contributed by atoms with E-state index >= 15 is 0 Å². The quantitative estimate of drug-likeness (QED) is 0.521. The predicted octanol–water partition coefficient (Wildman–Crippen LogP) is 3.75. The molecule has 1 aliphatic heterocycles. The van der Waals surface area contributed by atoms with Gasteiger partial charge in [-0.2, -0.15) is 0 Å². The molecule has 1 fully saturated rings. The number of hydrogen-bond donors (Lipinski definition) is 1. The first kappa shape index (κ1) is 15.0. The van der Waals surface area contributed by atoms with Crippen LogP contribution in [0, 0.1) is 29.1 Å². The van der Waals surface area contributed by atoms with Crippen LogP contribution in [0.4, 0.5) is 27.6 Å². The average molecular weight is 295 g/mol. The van der Waals surface area contributed by atoms with E-state index in [4.69, 9.17) is 4.74 Å². The first-order valence-corrected chi connectivity index (χ1v) is 6.16. The van der Waals surface area contributed by atoms with Gasteiger partial charge in [-0.3, -0.25) is 0 Å². The van der Waals surface area contributed by atoms with Gasteiger partial charge >= 0.3 is 0 Å². The summed E-state index contributed by atoms with van der Waals surface area (Å²) in [5.74, 6) is -9.81. The number of hydrogen-bond acceptors (Lipinski definition) is 2. The molecule has 0 aliphatic carbocycles. The molecule has 1 N–H and O–H groups in total. The predicted molar refractivity (Wildman–Crippen MR) is 62.9 cm³/mol. The molecule has 2 nitrogen and oxygen atoms in total. The van der Waals surface area contributed by atoms with Crippen LogP contribution in [0.3, 0.4) is 0 Å². The van der Waals surface area contributed by atoms with Crippen molar-refractivity contribution in [3.63, 3.8) is 0 Å². The molecule has 0 bridgehead atoms. The number of halogens is 5.